The van der Waals surface area contributed by atoms with E-state index in [2.05, 4.69) is 10.1 Å². The van der Waals surface area contributed by atoms with E-state index in [9.17, 15) is 9.59 Å². The van der Waals surface area contributed by atoms with E-state index in [1.807, 2.05) is 0 Å². The molecular weight excluding hydrogens is 220 g/mol. The van der Waals surface area contributed by atoms with Crippen molar-refractivity contribution in [1.29, 1.82) is 0 Å². The molecule has 2 rings (SSSR count). The summed E-state index contributed by atoms with van der Waals surface area (Å²) in [7, 11) is 0. The standard InChI is InChI=1S/C11H12N4O2/c12-6-9-5-11(17)15(14-9)10(16)4-8-2-1-3-13-7-8/h1-3,5,7,14H,4,6,12H2. The van der Waals surface area contributed by atoms with Gasteiger partial charge < -0.3 is 5.73 Å². The van der Waals surface area contributed by atoms with Gasteiger partial charge in [0.25, 0.3) is 11.5 Å². The molecule has 2 aromatic heterocycles. The average molecular weight is 232 g/mol. The lowest BCUT2D eigenvalue weighted by atomic mass is 10.2. The Morgan fingerprint density at radius 1 is 1.53 bits per heavy atom. The minimum atomic E-state index is -0.389. The van der Waals surface area contributed by atoms with E-state index in [1.165, 1.54) is 6.07 Å². The molecule has 0 saturated heterocycles. The van der Waals surface area contributed by atoms with Crippen LogP contribution in [0.1, 0.15) is 16.1 Å². The van der Waals surface area contributed by atoms with Gasteiger partial charge in [-0.25, -0.2) is 0 Å². The van der Waals surface area contributed by atoms with E-state index in [4.69, 9.17) is 5.73 Å². The Morgan fingerprint density at radius 3 is 2.94 bits per heavy atom. The lowest BCUT2D eigenvalue weighted by Crippen LogP contribution is -2.25. The summed E-state index contributed by atoms with van der Waals surface area (Å²) in [4.78, 5) is 27.2. The van der Waals surface area contributed by atoms with Crippen molar-refractivity contribution in [1.82, 2.24) is 14.8 Å². The number of carbonyl (C=O) groups excluding carboxylic acids is 1. The molecule has 0 atom stereocenters. The Morgan fingerprint density at radius 2 is 2.35 bits per heavy atom. The summed E-state index contributed by atoms with van der Waals surface area (Å²) in [6, 6.07) is 4.84. The quantitative estimate of drug-likeness (QED) is 0.773. The minimum absolute atomic E-state index is 0.123. The van der Waals surface area contributed by atoms with E-state index in [1.54, 1.807) is 24.5 Å². The zero-order chi connectivity index (χ0) is 12.3. The number of pyridine rings is 1. The van der Waals surface area contributed by atoms with Crippen molar-refractivity contribution in [2.24, 2.45) is 5.73 Å². The van der Waals surface area contributed by atoms with Crippen LogP contribution in [-0.4, -0.2) is 20.7 Å². The van der Waals surface area contributed by atoms with Gasteiger partial charge in [0.05, 0.1) is 12.1 Å². The molecule has 0 unspecified atom stereocenters. The molecular formula is C11H12N4O2. The number of aromatic nitrogens is 3. The summed E-state index contributed by atoms with van der Waals surface area (Å²) in [5, 5.41) is 2.66. The fourth-order valence-corrected chi connectivity index (χ4v) is 1.49. The van der Waals surface area contributed by atoms with E-state index in [-0.39, 0.29) is 24.4 Å². The van der Waals surface area contributed by atoms with Gasteiger partial charge in [-0.2, -0.15) is 4.68 Å². The van der Waals surface area contributed by atoms with Crippen LogP contribution in [0.25, 0.3) is 0 Å². The number of hydrogen-bond donors (Lipinski definition) is 2. The molecule has 0 bridgehead atoms. The highest BCUT2D eigenvalue weighted by Crippen LogP contribution is 1.99. The van der Waals surface area contributed by atoms with E-state index >= 15 is 0 Å². The fraction of sp³-hybridized carbons (Fsp3) is 0.182. The number of nitrogens with one attached hydrogen (secondary N) is 1. The first-order chi connectivity index (χ1) is 8.20. The van der Waals surface area contributed by atoms with Crippen molar-refractivity contribution in [3.05, 3.63) is 52.2 Å². The van der Waals surface area contributed by atoms with E-state index in [0.717, 1.165) is 10.2 Å². The molecule has 0 amide bonds. The van der Waals surface area contributed by atoms with Gasteiger partial charge in [-0.15, -0.1) is 0 Å². The number of nitrogens with two attached hydrogens (primary N) is 1. The average Bonchev–Trinajstić information content (AvgIpc) is 2.72. The molecule has 0 aliphatic heterocycles. The molecule has 0 fully saturated rings. The van der Waals surface area contributed by atoms with Crippen LogP contribution >= 0.6 is 0 Å². The van der Waals surface area contributed by atoms with Crippen LogP contribution in [0.4, 0.5) is 0 Å². The van der Waals surface area contributed by atoms with Gasteiger partial charge in [0.1, 0.15) is 0 Å². The molecule has 6 nitrogen and oxygen atoms in total. The molecule has 0 radical (unpaired) electrons. The third-order valence-electron chi connectivity index (χ3n) is 2.32. The number of aromatic amines is 1. The van der Waals surface area contributed by atoms with Gasteiger partial charge in [0.15, 0.2) is 0 Å². The van der Waals surface area contributed by atoms with Crippen LogP contribution in [0, 0.1) is 0 Å². The topological polar surface area (TPSA) is 93.8 Å². The van der Waals surface area contributed by atoms with Gasteiger partial charge in [0.2, 0.25) is 0 Å². The molecule has 17 heavy (non-hydrogen) atoms. The van der Waals surface area contributed by atoms with Crippen LogP contribution < -0.4 is 11.3 Å². The summed E-state index contributed by atoms with van der Waals surface area (Å²) in [6.07, 6.45) is 3.34. The lowest BCUT2D eigenvalue weighted by Gasteiger charge is -2.00. The first-order valence-electron chi connectivity index (χ1n) is 5.14. The summed E-state index contributed by atoms with van der Waals surface area (Å²) in [5.41, 5.74) is 6.28. The third-order valence-corrected chi connectivity index (χ3v) is 2.32. The highest BCUT2D eigenvalue weighted by Gasteiger charge is 2.10. The first kappa shape index (κ1) is 11.3. The molecule has 0 aromatic carbocycles. The fourth-order valence-electron chi connectivity index (χ4n) is 1.49. The molecule has 2 aromatic rings. The van der Waals surface area contributed by atoms with Gasteiger partial charge >= 0.3 is 0 Å². The number of nitrogens with zero attached hydrogens (tertiary/aromatic N) is 2. The maximum atomic E-state index is 11.8. The maximum absolute atomic E-state index is 11.8. The van der Waals surface area contributed by atoms with Crippen molar-refractivity contribution in [3.63, 3.8) is 0 Å². The molecule has 0 aliphatic rings. The van der Waals surface area contributed by atoms with Gasteiger partial charge in [0, 0.05) is 25.0 Å². The van der Waals surface area contributed by atoms with Crippen LogP contribution in [-0.2, 0) is 13.0 Å². The number of H-pyrrole nitrogens is 1. The van der Waals surface area contributed by atoms with E-state index < -0.39 is 0 Å². The molecule has 0 saturated carbocycles. The normalized spacial score (nSPS) is 10.4. The van der Waals surface area contributed by atoms with Crippen molar-refractivity contribution < 1.29 is 4.79 Å². The third kappa shape index (κ3) is 2.48. The summed E-state index contributed by atoms with van der Waals surface area (Å²) >= 11 is 0. The van der Waals surface area contributed by atoms with Crippen molar-refractivity contribution in [3.8, 4) is 0 Å². The Hall–Kier alpha value is -2.21. The maximum Gasteiger partial charge on any atom is 0.273 e. The molecule has 88 valence electrons. The molecule has 0 aliphatic carbocycles. The monoisotopic (exact) mass is 232 g/mol. The lowest BCUT2D eigenvalue weighted by molar-refractivity contribution is 0.0894. The highest BCUT2D eigenvalue weighted by molar-refractivity contribution is 5.80. The molecule has 2 heterocycles. The SMILES string of the molecule is NCc1cc(=O)n(C(=O)Cc2cccnc2)[nH]1. The zero-order valence-electron chi connectivity index (χ0n) is 9.09. The molecule has 3 N–H and O–H groups in total. The zero-order valence-corrected chi connectivity index (χ0v) is 9.09. The predicted molar refractivity (Wildman–Crippen MR) is 61.5 cm³/mol. The minimum Gasteiger partial charge on any atom is -0.325 e. The second-order valence-electron chi connectivity index (χ2n) is 3.59. The van der Waals surface area contributed by atoms with E-state index in [0.29, 0.717) is 5.69 Å². The summed E-state index contributed by atoms with van der Waals surface area (Å²) in [5.74, 6) is -0.331. The smallest absolute Gasteiger partial charge is 0.273 e. The van der Waals surface area contributed by atoms with Gasteiger partial charge in [-0.3, -0.25) is 19.7 Å². The Labute approximate surface area is 97.1 Å². The number of hydrogen-bond acceptors (Lipinski definition) is 4. The van der Waals surface area contributed by atoms with Crippen molar-refractivity contribution in [2.75, 3.05) is 0 Å². The number of carbonyl (C=O) groups is 1. The Bertz CT molecular complexity index is 571. The number of rotatable bonds is 3. The largest absolute Gasteiger partial charge is 0.325 e. The summed E-state index contributed by atoms with van der Waals surface area (Å²) < 4.78 is 0.967. The summed E-state index contributed by atoms with van der Waals surface area (Å²) in [6.45, 7) is 0.197. The Balaban J connectivity index is 2.20. The van der Waals surface area contributed by atoms with Crippen LogP contribution in [0.3, 0.4) is 0 Å². The highest BCUT2D eigenvalue weighted by atomic mass is 16.2. The van der Waals surface area contributed by atoms with Crippen molar-refractivity contribution >= 4 is 5.91 Å². The molecule has 0 spiro atoms. The van der Waals surface area contributed by atoms with Crippen LogP contribution in [0.2, 0.25) is 0 Å². The van der Waals surface area contributed by atoms with Gasteiger partial charge in [-0.05, 0) is 11.6 Å². The predicted octanol–water partition coefficient (Wildman–Crippen LogP) is -0.0870. The van der Waals surface area contributed by atoms with Crippen LogP contribution in [0.5, 0.6) is 0 Å². The van der Waals surface area contributed by atoms with Crippen LogP contribution in [0.15, 0.2) is 35.4 Å². The second kappa shape index (κ2) is 4.75. The van der Waals surface area contributed by atoms with Gasteiger partial charge in [-0.1, -0.05) is 6.07 Å². The first-order valence-corrected chi connectivity index (χ1v) is 5.14. The van der Waals surface area contributed by atoms with Crippen molar-refractivity contribution in [2.45, 2.75) is 13.0 Å². The second-order valence-corrected chi connectivity index (χ2v) is 3.59. The Kier molecular flexibility index (Phi) is 3.15. The molecule has 6 heteroatoms.